The van der Waals surface area contributed by atoms with Gasteiger partial charge in [0.1, 0.15) is 15.7 Å². The van der Waals surface area contributed by atoms with Gasteiger partial charge in [0.2, 0.25) is 10.0 Å². The van der Waals surface area contributed by atoms with E-state index in [1.807, 2.05) is 25.1 Å². The Hall–Kier alpha value is -1.64. The molecule has 5 nitrogen and oxygen atoms in total. The molecule has 0 atom stereocenters. The quantitative estimate of drug-likeness (QED) is 0.588. The highest BCUT2D eigenvalue weighted by molar-refractivity contribution is 7.89. The lowest BCUT2D eigenvalue weighted by molar-refractivity contribution is 0.402. The average Bonchev–Trinajstić information content (AvgIpc) is 3.01. The molecule has 0 unspecified atom stereocenters. The molecule has 142 valence electrons. The lowest BCUT2D eigenvalue weighted by atomic mass is 10.2. The second-order valence-electron chi connectivity index (χ2n) is 5.63. The predicted octanol–water partition coefficient (Wildman–Crippen LogP) is 4.91. The van der Waals surface area contributed by atoms with Gasteiger partial charge in [-0.05, 0) is 31.2 Å². The molecular weight excluding hydrogens is 427 g/mol. The molecular formula is C18H16Cl2N2O3S2. The minimum atomic E-state index is -3.81. The van der Waals surface area contributed by atoms with Gasteiger partial charge in [-0.1, -0.05) is 41.4 Å². The summed E-state index contributed by atoms with van der Waals surface area (Å²) in [5.41, 5.74) is 1.56. The van der Waals surface area contributed by atoms with Gasteiger partial charge in [-0.25, -0.2) is 18.1 Å². The van der Waals surface area contributed by atoms with Crippen LogP contribution in [0.5, 0.6) is 5.75 Å². The molecule has 3 rings (SSSR count). The van der Waals surface area contributed by atoms with Crippen molar-refractivity contribution in [3.63, 3.8) is 0 Å². The molecule has 0 aliphatic heterocycles. The number of benzene rings is 2. The summed E-state index contributed by atoms with van der Waals surface area (Å²) in [6.07, 6.45) is 0. The van der Waals surface area contributed by atoms with Crippen LogP contribution in [0.4, 0.5) is 0 Å². The number of hydrogen-bond acceptors (Lipinski definition) is 5. The van der Waals surface area contributed by atoms with Crippen LogP contribution in [-0.4, -0.2) is 20.5 Å². The van der Waals surface area contributed by atoms with E-state index in [0.717, 1.165) is 21.1 Å². The highest BCUT2D eigenvalue weighted by Crippen LogP contribution is 2.33. The molecule has 0 spiro atoms. The molecule has 0 aliphatic carbocycles. The molecule has 0 saturated carbocycles. The molecule has 1 aromatic heterocycles. The van der Waals surface area contributed by atoms with Crippen molar-refractivity contribution in [3.8, 4) is 16.3 Å². The number of halogens is 2. The van der Waals surface area contributed by atoms with Crippen molar-refractivity contribution in [3.05, 3.63) is 63.1 Å². The van der Waals surface area contributed by atoms with Crippen LogP contribution < -0.4 is 9.46 Å². The van der Waals surface area contributed by atoms with Gasteiger partial charge in [-0.15, -0.1) is 11.3 Å². The van der Waals surface area contributed by atoms with Crippen LogP contribution in [0.2, 0.25) is 10.0 Å². The third-order valence-electron chi connectivity index (χ3n) is 3.83. The van der Waals surface area contributed by atoms with Gasteiger partial charge in [0, 0.05) is 22.0 Å². The van der Waals surface area contributed by atoms with E-state index in [4.69, 9.17) is 27.9 Å². The van der Waals surface area contributed by atoms with Crippen molar-refractivity contribution in [1.29, 1.82) is 0 Å². The maximum Gasteiger partial charge on any atom is 0.244 e. The zero-order valence-electron chi connectivity index (χ0n) is 14.5. The molecule has 1 heterocycles. The Morgan fingerprint density at radius 1 is 1.19 bits per heavy atom. The third kappa shape index (κ3) is 4.44. The van der Waals surface area contributed by atoms with Gasteiger partial charge in [0.25, 0.3) is 0 Å². The maximum absolute atomic E-state index is 12.7. The Bertz CT molecular complexity index is 1080. The van der Waals surface area contributed by atoms with Crippen LogP contribution in [0.25, 0.3) is 10.6 Å². The van der Waals surface area contributed by atoms with Crippen molar-refractivity contribution >= 4 is 44.6 Å². The van der Waals surface area contributed by atoms with Crippen LogP contribution >= 0.6 is 34.5 Å². The predicted molar refractivity (Wildman–Crippen MR) is 109 cm³/mol. The van der Waals surface area contributed by atoms with E-state index in [1.54, 1.807) is 12.1 Å². The lowest BCUT2D eigenvalue weighted by Gasteiger charge is -2.10. The molecule has 0 amide bonds. The zero-order valence-corrected chi connectivity index (χ0v) is 17.6. The average molecular weight is 443 g/mol. The highest BCUT2D eigenvalue weighted by Gasteiger charge is 2.21. The summed E-state index contributed by atoms with van der Waals surface area (Å²) in [7, 11) is -2.40. The molecule has 0 saturated heterocycles. The zero-order chi connectivity index (χ0) is 19.6. The van der Waals surface area contributed by atoms with Crippen molar-refractivity contribution in [2.45, 2.75) is 18.4 Å². The second kappa shape index (κ2) is 8.16. The summed E-state index contributed by atoms with van der Waals surface area (Å²) in [6, 6.07) is 11.8. The lowest BCUT2D eigenvalue weighted by Crippen LogP contribution is -2.23. The normalized spacial score (nSPS) is 11.6. The summed E-state index contributed by atoms with van der Waals surface area (Å²) in [5.74, 6) is 0.227. The van der Waals surface area contributed by atoms with Crippen LogP contribution in [0.1, 0.15) is 10.6 Å². The van der Waals surface area contributed by atoms with Gasteiger partial charge in [0.15, 0.2) is 0 Å². The van der Waals surface area contributed by atoms with Crippen molar-refractivity contribution < 1.29 is 13.2 Å². The monoisotopic (exact) mass is 442 g/mol. The number of sulfonamides is 1. The highest BCUT2D eigenvalue weighted by atomic mass is 35.5. The number of methoxy groups -OCH3 is 1. The first-order valence-corrected chi connectivity index (χ1v) is 10.9. The van der Waals surface area contributed by atoms with Crippen molar-refractivity contribution in [2.75, 3.05) is 7.11 Å². The number of thiazole rings is 1. The standard InChI is InChI=1S/C18H16Cl2N2O3S2/c1-11-16(26-18(22-11)13-5-3-4-6-14(13)20)10-21-27(23,24)17-9-12(19)7-8-15(17)25-2/h3-9,21H,10H2,1-2H3. The minimum Gasteiger partial charge on any atom is -0.495 e. The fourth-order valence-corrected chi connectivity index (χ4v) is 5.28. The molecule has 2 aromatic carbocycles. The maximum atomic E-state index is 12.7. The first kappa shape index (κ1) is 20.1. The van der Waals surface area contributed by atoms with Crippen LogP contribution in [-0.2, 0) is 16.6 Å². The summed E-state index contributed by atoms with van der Waals surface area (Å²) < 4.78 is 33.1. The van der Waals surface area contributed by atoms with Gasteiger partial charge < -0.3 is 4.74 Å². The van der Waals surface area contributed by atoms with E-state index < -0.39 is 10.0 Å². The van der Waals surface area contributed by atoms with E-state index in [2.05, 4.69) is 9.71 Å². The number of nitrogens with zero attached hydrogens (tertiary/aromatic N) is 1. The molecule has 1 N–H and O–H groups in total. The fraction of sp³-hybridized carbons (Fsp3) is 0.167. The molecule has 0 fully saturated rings. The van der Waals surface area contributed by atoms with Crippen LogP contribution in [0.3, 0.4) is 0 Å². The van der Waals surface area contributed by atoms with Crippen LogP contribution in [0, 0.1) is 6.92 Å². The summed E-state index contributed by atoms with van der Waals surface area (Å²) in [4.78, 5) is 5.31. The Labute approximate surface area is 172 Å². The molecule has 0 bridgehead atoms. The third-order valence-corrected chi connectivity index (χ3v) is 7.01. The molecule has 3 aromatic rings. The molecule has 9 heteroatoms. The van der Waals surface area contributed by atoms with Crippen molar-refractivity contribution in [1.82, 2.24) is 9.71 Å². The summed E-state index contributed by atoms with van der Waals surface area (Å²) in [5, 5.41) is 1.65. The summed E-state index contributed by atoms with van der Waals surface area (Å²) in [6.45, 7) is 1.94. The van der Waals surface area contributed by atoms with Gasteiger partial charge >= 0.3 is 0 Å². The number of ether oxygens (including phenoxy) is 1. The number of rotatable bonds is 6. The fourth-order valence-electron chi connectivity index (χ4n) is 2.44. The second-order valence-corrected chi connectivity index (χ2v) is 9.29. The SMILES string of the molecule is COc1ccc(Cl)cc1S(=O)(=O)NCc1sc(-c2ccccc2Cl)nc1C. The largest absolute Gasteiger partial charge is 0.495 e. The smallest absolute Gasteiger partial charge is 0.244 e. The van der Waals surface area contributed by atoms with E-state index >= 15 is 0 Å². The van der Waals surface area contributed by atoms with Crippen molar-refractivity contribution in [2.24, 2.45) is 0 Å². The number of aryl methyl sites for hydroxylation is 1. The van der Waals surface area contributed by atoms with E-state index in [1.165, 1.54) is 30.6 Å². The molecule has 0 aliphatic rings. The van der Waals surface area contributed by atoms with E-state index in [0.29, 0.717) is 10.0 Å². The van der Waals surface area contributed by atoms with Gasteiger partial charge in [-0.2, -0.15) is 0 Å². The Kier molecular flexibility index (Phi) is 6.08. The Morgan fingerprint density at radius 3 is 2.63 bits per heavy atom. The summed E-state index contributed by atoms with van der Waals surface area (Å²) >= 11 is 13.6. The van der Waals surface area contributed by atoms with E-state index in [-0.39, 0.29) is 17.2 Å². The Morgan fingerprint density at radius 2 is 1.93 bits per heavy atom. The minimum absolute atomic E-state index is 0.00834. The number of hydrogen-bond donors (Lipinski definition) is 1. The number of nitrogens with one attached hydrogen (secondary N) is 1. The first-order chi connectivity index (χ1) is 12.8. The van der Waals surface area contributed by atoms with Gasteiger partial charge in [-0.3, -0.25) is 0 Å². The molecule has 27 heavy (non-hydrogen) atoms. The number of aromatic nitrogens is 1. The van der Waals surface area contributed by atoms with E-state index in [9.17, 15) is 8.42 Å². The topological polar surface area (TPSA) is 68.3 Å². The van der Waals surface area contributed by atoms with Crippen LogP contribution in [0.15, 0.2) is 47.4 Å². The van der Waals surface area contributed by atoms with Gasteiger partial charge in [0.05, 0.1) is 17.8 Å². The Balaban J connectivity index is 1.85. The first-order valence-electron chi connectivity index (χ1n) is 7.86. The molecule has 0 radical (unpaired) electrons.